The van der Waals surface area contributed by atoms with Crippen molar-refractivity contribution in [2.75, 3.05) is 13.2 Å². The van der Waals surface area contributed by atoms with Crippen molar-refractivity contribution in [2.24, 2.45) is 16.5 Å². The van der Waals surface area contributed by atoms with E-state index in [4.69, 9.17) is 21.4 Å². The van der Waals surface area contributed by atoms with Gasteiger partial charge < -0.3 is 16.6 Å². The highest BCUT2D eigenvalue weighted by atomic mass is 19.4. The quantitative estimate of drug-likeness (QED) is 0.420. The van der Waals surface area contributed by atoms with E-state index in [1.54, 1.807) is 0 Å². The molecule has 0 aromatic heterocycles. The van der Waals surface area contributed by atoms with Gasteiger partial charge in [-0.1, -0.05) is 24.3 Å². The molecule has 0 heterocycles. The van der Waals surface area contributed by atoms with Crippen LogP contribution in [0.15, 0.2) is 29.3 Å². The number of benzene rings is 1. The summed E-state index contributed by atoms with van der Waals surface area (Å²) < 4.78 is 43.7. The predicted molar refractivity (Wildman–Crippen MR) is 78.8 cm³/mol. The van der Waals surface area contributed by atoms with Crippen molar-refractivity contribution in [3.63, 3.8) is 0 Å². The first-order valence-corrected chi connectivity index (χ1v) is 6.66. The number of aliphatic carboxylic acids is 1. The second-order valence-electron chi connectivity index (χ2n) is 4.47. The van der Waals surface area contributed by atoms with Gasteiger partial charge in [0.1, 0.15) is 0 Å². The number of nitrogens with two attached hydrogens (primary N) is 2. The van der Waals surface area contributed by atoms with Crippen molar-refractivity contribution >= 4 is 11.9 Å². The van der Waals surface area contributed by atoms with Gasteiger partial charge in [-0.25, -0.2) is 4.79 Å². The minimum Gasteiger partial charge on any atom is -0.475 e. The minimum absolute atomic E-state index is 0.125. The number of nitrogens with zero attached hydrogens (tertiary/aromatic N) is 1. The van der Waals surface area contributed by atoms with Crippen LogP contribution in [0.4, 0.5) is 17.6 Å². The summed E-state index contributed by atoms with van der Waals surface area (Å²) in [6.45, 7) is 0.346. The molecule has 0 unspecified atom stereocenters. The maximum Gasteiger partial charge on any atom is 0.490 e. The Morgan fingerprint density at radius 1 is 1.09 bits per heavy atom. The molecule has 1 rings (SSSR count). The summed E-state index contributed by atoms with van der Waals surface area (Å²) in [4.78, 5) is 12.8. The summed E-state index contributed by atoms with van der Waals surface area (Å²) in [6.07, 6.45) is -2.88. The molecule has 0 saturated heterocycles. The van der Waals surface area contributed by atoms with Crippen LogP contribution in [-0.2, 0) is 17.6 Å². The number of aliphatic imine (C=N–C) groups is 1. The van der Waals surface area contributed by atoms with Crippen molar-refractivity contribution in [1.82, 2.24) is 0 Å². The lowest BCUT2D eigenvalue weighted by atomic mass is 10.1. The van der Waals surface area contributed by atoms with E-state index in [0.29, 0.717) is 13.0 Å². The van der Waals surface area contributed by atoms with Gasteiger partial charge in [-0.2, -0.15) is 13.2 Å². The highest BCUT2D eigenvalue weighted by Crippen LogP contribution is 2.13. The fourth-order valence-corrected chi connectivity index (χ4v) is 1.46. The Morgan fingerprint density at radius 3 is 1.87 bits per heavy atom. The van der Waals surface area contributed by atoms with E-state index in [1.807, 2.05) is 24.3 Å². The molecule has 1 aromatic rings. The standard InChI is InChI=1S/C12H18FN3.C2HF3O2/c13-8-1-2-10-3-5-11(6-4-10)7-9-16-12(14)15;3-2(4,5)1(6)7/h3-6H,1-2,7-9H2,(H4,14,15,16);(H,6,7). The van der Waals surface area contributed by atoms with Gasteiger partial charge in [0.2, 0.25) is 0 Å². The van der Waals surface area contributed by atoms with Crippen LogP contribution >= 0.6 is 0 Å². The first-order chi connectivity index (χ1) is 10.7. The zero-order valence-corrected chi connectivity index (χ0v) is 12.3. The number of carboxylic acid groups (broad SMARTS) is 1. The Bertz CT molecular complexity index is 498. The lowest BCUT2D eigenvalue weighted by Gasteiger charge is -2.02. The van der Waals surface area contributed by atoms with Crippen LogP contribution in [0.3, 0.4) is 0 Å². The van der Waals surface area contributed by atoms with Gasteiger partial charge in [-0.15, -0.1) is 0 Å². The molecule has 130 valence electrons. The first kappa shape index (κ1) is 20.7. The topological polar surface area (TPSA) is 102 Å². The van der Waals surface area contributed by atoms with E-state index >= 15 is 0 Å². The van der Waals surface area contributed by atoms with Crippen LogP contribution < -0.4 is 11.5 Å². The molecule has 0 saturated carbocycles. The van der Waals surface area contributed by atoms with Gasteiger partial charge in [0, 0.05) is 6.54 Å². The van der Waals surface area contributed by atoms with Gasteiger partial charge in [0.05, 0.1) is 6.67 Å². The van der Waals surface area contributed by atoms with Gasteiger partial charge in [0.15, 0.2) is 5.96 Å². The number of carbonyl (C=O) groups is 1. The minimum atomic E-state index is -5.08. The fourth-order valence-electron chi connectivity index (χ4n) is 1.46. The van der Waals surface area contributed by atoms with Gasteiger partial charge >= 0.3 is 12.1 Å². The summed E-state index contributed by atoms with van der Waals surface area (Å²) in [5.74, 6) is -2.63. The average Bonchev–Trinajstić information content (AvgIpc) is 2.45. The van der Waals surface area contributed by atoms with E-state index in [0.717, 1.165) is 12.8 Å². The number of hydrogen-bond acceptors (Lipinski definition) is 2. The molecule has 5 N–H and O–H groups in total. The number of aryl methyl sites for hydroxylation is 1. The largest absolute Gasteiger partial charge is 0.490 e. The molecule has 0 fully saturated rings. The number of guanidine groups is 1. The molecule has 0 aliphatic carbocycles. The maximum atomic E-state index is 12.0. The number of alkyl halides is 4. The SMILES string of the molecule is NC(N)=NCCc1ccc(CCCF)cc1.O=C(O)C(F)(F)F. The molecule has 0 aliphatic heterocycles. The van der Waals surface area contributed by atoms with E-state index in [2.05, 4.69) is 4.99 Å². The molecule has 0 aliphatic rings. The van der Waals surface area contributed by atoms with Crippen molar-refractivity contribution in [1.29, 1.82) is 0 Å². The van der Waals surface area contributed by atoms with Gasteiger partial charge in [-0.3, -0.25) is 9.38 Å². The number of hydrogen-bond donors (Lipinski definition) is 3. The average molecular weight is 337 g/mol. The Kier molecular flexibility index (Phi) is 9.36. The van der Waals surface area contributed by atoms with Crippen LogP contribution in [0.1, 0.15) is 17.5 Å². The van der Waals surface area contributed by atoms with Crippen molar-refractivity contribution in [2.45, 2.75) is 25.4 Å². The van der Waals surface area contributed by atoms with E-state index in [-0.39, 0.29) is 12.6 Å². The molecular weight excluding hydrogens is 318 g/mol. The Hall–Kier alpha value is -2.32. The molecule has 9 heteroatoms. The molecule has 23 heavy (non-hydrogen) atoms. The second kappa shape index (κ2) is 10.4. The summed E-state index contributed by atoms with van der Waals surface area (Å²) in [7, 11) is 0. The van der Waals surface area contributed by atoms with Crippen LogP contribution in [0.2, 0.25) is 0 Å². The smallest absolute Gasteiger partial charge is 0.475 e. The lowest BCUT2D eigenvalue weighted by Crippen LogP contribution is -2.23. The molecule has 0 bridgehead atoms. The number of rotatable bonds is 6. The lowest BCUT2D eigenvalue weighted by molar-refractivity contribution is -0.192. The molecule has 1 aromatic carbocycles. The predicted octanol–water partition coefficient (Wildman–Crippen LogP) is 2.04. The number of halogens is 4. The third kappa shape index (κ3) is 11.0. The zero-order chi connectivity index (χ0) is 17.9. The van der Waals surface area contributed by atoms with Crippen LogP contribution in [0.25, 0.3) is 0 Å². The molecule has 0 radical (unpaired) electrons. The third-order valence-corrected chi connectivity index (χ3v) is 2.56. The Balaban J connectivity index is 0.000000585. The third-order valence-electron chi connectivity index (χ3n) is 2.56. The Labute approximate surface area is 131 Å². The fraction of sp³-hybridized carbons (Fsp3) is 0.429. The summed E-state index contributed by atoms with van der Waals surface area (Å²) >= 11 is 0. The monoisotopic (exact) mass is 337 g/mol. The highest BCUT2D eigenvalue weighted by Gasteiger charge is 2.38. The second-order valence-corrected chi connectivity index (χ2v) is 4.47. The van der Waals surface area contributed by atoms with Gasteiger partial charge in [-0.05, 0) is 30.4 Å². The van der Waals surface area contributed by atoms with E-state index in [1.165, 1.54) is 11.1 Å². The normalized spacial score (nSPS) is 10.4. The van der Waals surface area contributed by atoms with Crippen LogP contribution in [0, 0.1) is 0 Å². The summed E-state index contributed by atoms with van der Waals surface area (Å²) in [6, 6.07) is 8.13. The van der Waals surface area contributed by atoms with Crippen LogP contribution in [-0.4, -0.2) is 36.4 Å². The molecule has 0 spiro atoms. The highest BCUT2D eigenvalue weighted by molar-refractivity contribution is 5.75. The summed E-state index contributed by atoms with van der Waals surface area (Å²) in [5.41, 5.74) is 12.8. The molecular formula is C14H19F4N3O2. The molecule has 0 atom stereocenters. The number of carboxylic acids is 1. The van der Waals surface area contributed by atoms with Gasteiger partial charge in [0.25, 0.3) is 0 Å². The Morgan fingerprint density at radius 2 is 1.52 bits per heavy atom. The zero-order valence-electron chi connectivity index (χ0n) is 12.3. The summed E-state index contributed by atoms with van der Waals surface area (Å²) in [5, 5.41) is 7.12. The van der Waals surface area contributed by atoms with Crippen LogP contribution in [0.5, 0.6) is 0 Å². The van der Waals surface area contributed by atoms with E-state index in [9.17, 15) is 17.6 Å². The van der Waals surface area contributed by atoms with Crippen molar-refractivity contribution in [3.05, 3.63) is 35.4 Å². The van der Waals surface area contributed by atoms with Crippen molar-refractivity contribution in [3.8, 4) is 0 Å². The maximum absolute atomic E-state index is 12.0. The first-order valence-electron chi connectivity index (χ1n) is 6.66. The van der Waals surface area contributed by atoms with E-state index < -0.39 is 12.1 Å². The molecule has 5 nitrogen and oxygen atoms in total. The molecule has 0 amide bonds. The van der Waals surface area contributed by atoms with Crippen molar-refractivity contribution < 1.29 is 27.5 Å².